The second kappa shape index (κ2) is 13.3. The van der Waals surface area contributed by atoms with E-state index in [0.29, 0.717) is 37.8 Å². The lowest BCUT2D eigenvalue weighted by Gasteiger charge is -2.43. The molecular weight excluding hydrogens is 588 g/mol. The molecule has 0 unspecified atom stereocenters. The molecule has 47 heavy (non-hydrogen) atoms. The summed E-state index contributed by atoms with van der Waals surface area (Å²) in [5.74, 6) is 0.434. The summed E-state index contributed by atoms with van der Waals surface area (Å²) in [6.07, 6.45) is 5.44. The summed E-state index contributed by atoms with van der Waals surface area (Å²) in [6, 6.07) is 20.8. The highest BCUT2D eigenvalue weighted by atomic mass is 16.2. The largest absolute Gasteiger partial charge is 0.360 e. The molecule has 9 heteroatoms. The summed E-state index contributed by atoms with van der Waals surface area (Å²) in [7, 11) is 0. The molecule has 4 aromatic rings. The maximum Gasteiger partial charge on any atom is 0.254 e. The van der Waals surface area contributed by atoms with Crippen molar-refractivity contribution in [3.8, 4) is 22.5 Å². The Morgan fingerprint density at radius 1 is 0.745 bits per heavy atom. The van der Waals surface area contributed by atoms with E-state index in [4.69, 9.17) is 4.98 Å². The summed E-state index contributed by atoms with van der Waals surface area (Å²) in [4.78, 5) is 55.7. The highest BCUT2D eigenvalue weighted by Crippen LogP contribution is 2.31. The Hall–Kier alpha value is -4.50. The Morgan fingerprint density at radius 3 is 2.11 bits per heavy atom. The fourth-order valence-corrected chi connectivity index (χ4v) is 7.57. The Bertz CT molecular complexity index is 1760. The van der Waals surface area contributed by atoms with Gasteiger partial charge in [-0.3, -0.25) is 19.3 Å². The second-order valence-electron chi connectivity index (χ2n) is 13.4. The van der Waals surface area contributed by atoms with Crippen molar-refractivity contribution in [1.82, 2.24) is 29.6 Å². The predicted molar refractivity (Wildman–Crippen MR) is 184 cm³/mol. The maximum absolute atomic E-state index is 14.0. The van der Waals surface area contributed by atoms with E-state index in [-0.39, 0.29) is 23.6 Å². The van der Waals surface area contributed by atoms with Gasteiger partial charge >= 0.3 is 0 Å². The molecule has 3 fully saturated rings. The van der Waals surface area contributed by atoms with E-state index in [1.165, 1.54) is 5.56 Å². The van der Waals surface area contributed by atoms with Crippen molar-refractivity contribution in [2.24, 2.45) is 5.92 Å². The van der Waals surface area contributed by atoms with Crippen LogP contribution in [0, 0.1) is 12.8 Å². The van der Waals surface area contributed by atoms with Crippen molar-refractivity contribution in [3.05, 3.63) is 78.0 Å². The summed E-state index contributed by atoms with van der Waals surface area (Å²) < 4.78 is 0. The number of para-hydroxylation sites is 1. The van der Waals surface area contributed by atoms with E-state index in [9.17, 15) is 14.4 Å². The van der Waals surface area contributed by atoms with Crippen LogP contribution in [-0.4, -0.2) is 106 Å². The van der Waals surface area contributed by atoms with Crippen molar-refractivity contribution in [2.45, 2.75) is 45.6 Å². The molecule has 0 bridgehead atoms. The topological polar surface area (TPSA) is 92.9 Å². The van der Waals surface area contributed by atoms with Gasteiger partial charge < -0.3 is 19.7 Å². The normalized spacial score (nSPS) is 18.6. The summed E-state index contributed by atoms with van der Waals surface area (Å²) >= 11 is 0. The SMILES string of the molecule is CC(=O)N1CCC(C(=O)N2CCC(N3CCN(C(=O)c4cc(-c5ccc(C)cc5)nc(-c5c[nH]c6ccccc56)c4)CC3)CC2)CC1. The molecule has 3 saturated heterocycles. The molecule has 0 spiro atoms. The number of aromatic nitrogens is 2. The van der Waals surface area contributed by atoms with Crippen molar-refractivity contribution >= 4 is 28.6 Å². The quantitative estimate of drug-likeness (QED) is 0.326. The van der Waals surface area contributed by atoms with Crippen molar-refractivity contribution in [2.75, 3.05) is 52.4 Å². The molecule has 5 heterocycles. The van der Waals surface area contributed by atoms with Crippen LogP contribution in [-0.2, 0) is 9.59 Å². The van der Waals surface area contributed by atoms with Crippen LogP contribution in [0.15, 0.2) is 66.9 Å². The number of carbonyl (C=O) groups is 3. The molecule has 3 aliphatic rings. The highest BCUT2D eigenvalue weighted by Gasteiger charge is 2.34. The average molecular weight is 633 g/mol. The average Bonchev–Trinajstić information content (AvgIpc) is 3.56. The van der Waals surface area contributed by atoms with Crippen LogP contribution in [0.5, 0.6) is 0 Å². The van der Waals surface area contributed by atoms with Crippen molar-refractivity contribution in [3.63, 3.8) is 0 Å². The zero-order chi connectivity index (χ0) is 32.5. The van der Waals surface area contributed by atoms with Gasteiger partial charge in [0.15, 0.2) is 0 Å². The standard InChI is InChI=1S/C38H44N6O3/c1-26-7-9-28(10-8-26)35-23-30(24-36(40-35)33-25-39-34-6-4-3-5-32(33)34)38(47)44-21-19-42(20-22-44)31-13-17-43(18-14-31)37(46)29-11-15-41(16-12-29)27(2)45/h3-10,23-25,29,31,39H,11-22H2,1-2H3. The number of pyridine rings is 1. The lowest BCUT2D eigenvalue weighted by Crippen LogP contribution is -2.55. The molecule has 2 aromatic heterocycles. The molecule has 2 aromatic carbocycles. The molecule has 0 radical (unpaired) electrons. The number of amides is 3. The van der Waals surface area contributed by atoms with E-state index >= 15 is 0 Å². The molecule has 0 atom stereocenters. The fourth-order valence-electron chi connectivity index (χ4n) is 7.57. The smallest absolute Gasteiger partial charge is 0.254 e. The molecule has 3 amide bonds. The van der Waals surface area contributed by atoms with Gasteiger partial charge in [0.25, 0.3) is 5.91 Å². The number of aromatic amines is 1. The Balaban J connectivity index is 1.00. The van der Waals surface area contributed by atoms with Gasteiger partial charge in [-0.15, -0.1) is 0 Å². The number of piperazine rings is 1. The predicted octanol–water partition coefficient (Wildman–Crippen LogP) is 5.21. The lowest BCUT2D eigenvalue weighted by atomic mass is 9.93. The van der Waals surface area contributed by atoms with Gasteiger partial charge in [0.1, 0.15) is 0 Å². The number of nitrogens with one attached hydrogen (secondary N) is 1. The van der Waals surface area contributed by atoms with Gasteiger partial charge in [-0.1, -0.05) is 48.0 Å². The summed E-state index contributed by atoms with van der Waals surface area (Å²) in [6.45, 7) is 9.62. The van der Waals surface area contributed by atoms with Crippen LogP contribution in [0.1, 0.15) is 48.5 Å². The van der Waals surface area contributed by atoms with Crippen LogP contribution in [0.3, 0.4) is 0 Å². The molecule has 9 nitrogen and oxygen atoms in total. The number of fused-ring (bicyclic) bond motifs is 1. The number of piperidine rings is 2. The zero-order valence-corrected chi connectivity index (χ0v) is 27.5. The monoisotopic (exact) mass is 632 g/mol. The number of hydrogen-bond acceptors (Lipinski definition) is 5. The number of likely N-dealkylation sites (tertiary alicyclic amines) is 2. The molecule has 7 rings (SSSR count). The minimum atomic E-state index is 0.0351. The van der Waals surface area contributed by atoms with E-state index in [1.807, 2.05) is 45.2 Å². The van der Waals surface area contributed by atoms with Gasteiger partial charge in [0.05, 0.1) is 11.4 Å². The fraction of sp³-hybridized carbons (Fsp3) is 0.421. The first-order valence-corrected chi connectivity index (χ1v) is 17.1. The number of rotatable bonds is 5. The van der Waals surface area contributed by atoms with E-state index in [1.54, 1.807) is 6.92 Å². The number of nitrogens with zero attached hydrogens (tertiary/aromatic N) is 5. The van der Waals surface area contributed by atoms with E-state index in [2.05, 4.69) is 53.2 Å². The highest BCUT2D eigenvalue weighted by molar-refractivity contribution is 5.99. The Kier molecular flexibility index (Phi) is 8.82. The van der Waals surface area contributed by atoms with Crippen molar-refractivity contribution in [1.29, 1.82) is 0 Å². The van der Waals surface area contributed by atoms with Crippen LogP contribution in [0.2, 0.25) is 0 Å². The lowest BCUT2D eigenvalue weighted by molar-refractivity contribution is -0.141. The van der Waals surface area contributed by atoms with E-state index in [0.717, 1.165) is 85.3 Å². The number of aryl methyl sites for hydroxylation is 1. The zero-order valence-electron chi connectivity index (χ0n) is 27.5. The second-order valence-corrected chi connectivity index (χ2v) is 13.4. The van der Waals surface area contributed by atoms with Gasteiger partial charge in [0.2, 0.25) is 11.8 Å². The summed E-state index contributed by atoms with van der Waals surface area (Å²) in [5.41, 5.74) is 6.43. The van der Waals surface area contributed by atoms with Gasteiger partial charge in [-0.25, -0.2) is 4.98 Å². The number of H-pyrrole nitrogens is 1. The molecule has 1 N–H and O–H groups in total. The molecule has 0 saturated carbocycles. The number of benzene rings is 2. The van der Waals surface area contributed by atoms with Crippen molar-refractivity contribution < 1.29 is 14.4 Å². The van der Waals surface area contributed by atoms with E-state index < -0.39 is 0 Å². The number of hydrogen-bond donors (Lipinski definition) is 1. The number of carbonyl (C=O) groups excluding carboxylic acids is 3. The Morgan fingerprint density at radius 2 is 1.40 bits per heavy atom. The minimum Gasteiger partial charge on any atom is -0.360 e. The van der Waals surface area contributed by atoms with Gasteiger partial charge in [-0.05, 0) is 50.8 Å². The first-order valence-electron chi connectivity index (χ1n) is 17.1. The first kappa shape index (κ1) is 31.1. The molecule has 244 valence electrons. The minimum absolute atomic E-state index is 0.0351. The van der Waals surface area contributed by atoms with Crippen LogP contribution in [0.25, 0.3) is 33.4 Å². The van der Waals surface area contributed by atoms with Crippen LogP contribution < -0.4 is 0 Å². The third kappa shape index (κ3) is 6.54. The summed E-state index contributed by atoms with van der Waals surface area (Å²) in [5, 5.41) is 1.08. The van der Waals surface area contributed by atoms with Crippen LogP contribution in [0.4, 0.5) is 0 Å². The third-order valence-electron chi connectivity index (χ3n) is 10.5. The van der Waals surface area contributed by atoms with Gasteiger partial charge in [-0.2, -0.15) is 0 Å². The molecular formula is C38H44N6O3. The molecule has 0 aliphatic carbocycles. The first-order chi connectivity index (χ1) is 22.8. The Labute approximate surface area is 276 Å². The third-order valence-corrected chi connectivity index (χ3v) is 10.5. The molecule has 3 aliphatic heterocycles. The van der Waals surface area contributed by atoms with Gasteiger partial charge in [0, 0.05) is 105 Å². The van der Waals surface area contributed by atoms with Crippen LogP contribution >= 0.6 is 0 Å². The maximum atomic E-state index is 14.0.